The van der Waals surface area contributed by atoms with E-state index in [-0.39, 0.29) is 6.10 Å². The predicted octanol–water partition coefficient (Wildman–Crippen LogP) is 1.26. The molecule has 0 radical (unpaired) electrons. The molecule has 60 valence electrons. The molecule has 0 aromatic heterocycles. The van der Waals surface area contributed by atoms with E-state index >= 15 is 0 Å². The summed E-state index contributed by atoms with van der Waals surface area (Å²) >= 11 is 3.00. The van der Waals surface area contributed by atoms with Crippen molar-refractivity contribution < 1.29 is 14.6 Å². The van der Waals surface area contributed by atoms with Crippen molar-refractivity contribution in [2.75, 3.05) is 7.11 Å². The largest absolute Gasteiger partial charge is 0.480 e. The van der Waals surface area contributed by atoms with Crippen LogP contribution in [-0.4, -0.2) is 29.1 Å². The summed E-state index contributed by atoms with van der Waals surface area (Å²) in [5, 5.41) is 8.49. The van der Waals surface area contributed by atoms with Crippen LogP contribution in [0.2, 0.25) is 0 Å². The van der Waals surface area contributed by atoms with Crippen LogP contribution in [0.4, 0.5) is 0 Å². The number of carbonyl (C=O) groups is 1. The molecule has 0 aromatic rings. The number of methoxy groups -OCH3 is 1. The molecule has 2 unspecified atom stereocenters. The summed E-state index contributed by atoms with van der Waals surface area (Å²) in [4.78, 5) is 9.74. The quantitative estimate of drug-likeness (QED) is 0.712. The molecule has 2 atom stereocenters. The highest BCUT2D eigenvalue weighted by molar-refractivity contribution is 9.10. The van der Waals surface area contributed by atoms with Gasteiger partial charge in [0, 0.05) is 7.11 Å². The molecular weight excluding hydrogens is 200 g/mol. The Kier molecular flexibility index (Phi) is 4.64. The molecule has 10 heavy (non-hydrogen) atoms. The molecule has 1 N–H and O–H groups in total. The monoisotopic (exact) mass is 210 g/mol. The van der Waals surface area contributed by atoms with Crippen LogP contribution in [0.5, 0.6) is 0 Å². The van der Waals surface area contributed by atoms with E-state index in [0.717, 1.165) is 0 Å². The van der Waals surface area contributed by atoms with E-state index in [1.165, 1.54) is 7.11 Å². The summed E-state index contributed by atoms with van der Waals surface area (Å²) in [6, 6.07) is 0. The minimum Gasteiger partial charge on any atom is -0.480 e. The van der Waals surface area contributed by atoms with Crippen LogP contribution in [-0.2, 0) is 9.53 Å². The first-order chi connectivity index (χ1) is 4.63. The van der Waals surface area contributed by atoms with Crippen LogP contribution in [0.25, 0.3) is 0 Å². The molecule has 0 spiro atoms. The van der Waals surface area contributed by atoms with E-state index in [1.54, 1.807) is 0 Å². The van der Waals surface area contributed by atoms with Crippen molar-refractivity contribution in [3.63, 3.8) is 0 Å². The van der Waals surface area contributed by atoms with Crippen LogP contribution < -0.4 is 0 Å². The fourth-order valence-electron chi connectivity index (χ4n) is 0.652. The first-order valence-electron chi connectivity index (χ1n) is 3.03. The maximum absolute atomic E-state index is 10.3. The lowest BCUT2D eigenvalue weighted by Gasteiger charge is -2.14. The van der Waals surface area contributed by atoms with Crippen molar-refractivity contribution in [3.05, 3.63) is 0 Å². The lowest BCUT2D eigenvalue weighted by Crippen LogP contribution is -2.29. The Labute approximate surface area is 68.5 Å². The summed E-state index contributed by atoms with van der Waals surface area (Å²) in [5.74, 6) is -0.881. The fourth-order valence-corrected chi connectivity index (χ4v) is 1.24. The number of carboxylic acid groups (broad SMARTS) is 1. The minimum absolute atomic E-state index is 0.238. The highest BCUT2D eigenvalue weighted by Crippen LogP contribution is 2.11. The summed E-state index contributed by atoms with van der Waals surface area (Å²) in [5.41, 5.74) is 0. The van der Waals surface area contributed by atoms with Crippen molar-refractivity contribution in [2.45, 2.75) is 24.3 Å². The first kappa shape index (κ1) is 9.91. The van der Waals surface area contributed by atoms with Gasteiger partial charge >= 0.3 is 5.97 Å². The number of alkyl halides is 1. The number of aliphatic carboxylic acids is 1. The molecule has 0 aliphatic heterocycles. The zero-order chi connectivity index (χ0) is 8.15. The zero-order valence-corrected chi connectivity index (χ0v) is 7.59. The number of hydrogen-bond acceptors (Lipinski definition) is 2. The second-order valence-electron chi connectivity index (χ2n) is 1.92. The lowest BCUT2D eigenvalue weighted by molar-refractivity contribution is -0.138. The molecule has 0 saturated heterocycles. The summed E-state index contributed by atoms with van der Waals surface area (Å²) < 4.78 is 4.89. The van der Waals surface area contributed by atoms with Gasteiger partial charge < -0.3 is 9.84 Å². The van der Waals surface area contributed by atoms with Gasteiger partial charge in [0.25, 0.3) is 0 Å². The Bertz CT molecular complexity index is 112. The standard InChI is InChI=1S/C6H11BrO3/c1-3-4(10-2)5(7)6(8)9/h4-5H,3H2,1-2H3,(H,8,9). The molecule has 0 amide bonds. The van der Waals surface area contributed by atoms with Gasteiger partial charge in [0.1, 0.15) is 4.83 Å². The molecule has 0 aromatic carbocycles. The molecule has 3 nitrogen and oxygen atoms in total. The molecule has 0 aliphatic carbocycles. The Hall–Kier alpha value is -0.0900. The zero-order valence-electron chi connectivity index (χ0n) is 6.00. The highest BCUT2D eigenvalue weighted by atomic mass is 79.9. The molecular formula is C6H11BrO3. The Balaban J connectivity index is 3.88. The number of carboxylic acids is 1. The molecule has 0 fully saturated rings. The van der Waals surface area contributed by atoms with Gasteiger partial charge in [-0.05, 0) is 6.42 Å². The van der Waals surface area contributed by atoms with E-state index in [9.17, 15) is 4.79 Å². The average molecular weight is 211 g/mol. The fraction of sp³-hybridized carbons (Fsp3) is 0.833. The minimum atomic E-state index is -0.881. The molecule has 4 heteroatoms. The van der Waals surface area contributed by atoms with Crippen LogP contribution in [0.3, 0.4) is 0 Å². The van der Waals surface area contributed by atoms with Crippen molar-refractivity contribution in [1.82, 2.24) is 0 Å². The summed E-state index contributed by atoms with van der Waals surface area (Å²) in [6.45, 7) is 1.88. The summed E-state index contributed by atoms with van der Waals surface area (Å²) in [7, 11) is 1.51. The van der Waals surface area contributed by atoms with Gasteiger partial charge in [0.15, 0.2) is 0 Å². The van der Waals surface area contributed by atoms with E-state index in [2.05, 4.69) is 15.9 Å². The SMILES string of the molecule is CCC(OC)C(Br)C(=O)O. The van der Waals surface area contributed by atoms with Crippen LogP contribution in [0, 0.1) is 0 Å². The third-order valence-electron chi connectivity index (χ3n) is 1.27. The Morgan fingerprint density at radius 1 is 1.80 bits per heavy atom. The first-order valence-corrected chi connectivity index (χ1v) is 3.94. The normalized spacial score (nSPS) is 16.3. The average Bonchev–Trinajstić information content (AvgIpc) is 1.90. The Morgan fingerprint density at radius 3 is 2.40 bits per heavy atom. The van der Waals surface area contributed by atoms with Gasteiger partial charge in [-0.25, -0.2) is 0 Å². The smallest absolute Gasteiger partial charge is 0.319 e. The van der Waals surface area contributed by atoms with Crippen molar-refractivity contribution in [1.29, 1.82) is 0 Å². The van der Waals surface area contributed by atoms with Gasteiger partial charge in [-0.1, -0.05) is 22.9 Å². The maximum Gasteiger partial charge on any atom is 0.319 e. The molecule has 0 rings (SSSR count). The van der Waals surface area contributed by atoms with Crippen molar-refractivity contribution in [2.24, 2.45) is 0 Å². The summed E-state index contributed by atoms with van der Waals surface area (Å²) in [6.07, 6.45) is 0.455. The van der Waals surface area contributed by atoms with Gasteiger partial charge in [-0.15, -0.1) is 0 Å². The highest BCUT2D eigenvalue weighted by Gasteiger charge is 2.22. The molecule has 0 aliphatic rings. The second-order valence-corrected chi connectivity index (χ2v) is 2.91. The molecule has 0 saturated carbocycles. The van der Waals surface area contributed by atoms with Crippen LogP contribution in [0.1, 0.15) is 13.3 Å². The van der Waals surface area contributed by atoms with E-state index in [1.807, 2.05) is 6.92 Å². The molecule has 0 bridgehead atoms. The number of ether oxygens (including phenoxy) is 1. The van der Waals surface area contributed by atoms with Crippen LogP contribution >= 0.6 is 15.9 Å². The number of halogens is 1. The van der Waals surface area contributed by atoms with Gasteiger partial charge in [0.2, 0.25) is 0 Å². The lowest BCUT2D eigenvalue weighted by atomic mass is 10.2. The van der Waals surface area contributed by atoms with E-state index in [4.69, 9.17) is 9.84 Å². The number of rotatable bonds is 4. The third kappa shape index (κ3) is 2.66. The predicted molar refractivity (Wildman–Crippen MR) is 41.4 cm³/mol. The maximum atomic E-state index is 10.3. The van der Waals surface area contributed by atoms with Crippen LogP contribution in [0.15, 0.2) is 0 Å². The van der Waals surface area contributed by atoms with Gasteiger partial charge in [-0.3, -0.25) is 4.79 Å². The molecule has 0 heterocycles. The third-order valence-corrected chi connectivity index (χ3v) is 2.25. The van der Waals surface area contributed by atoms with Gasteiger partial charge in [-0.2, -0.15) is 0 Å². The van der Waals surface area contributed by atoms with E-state index in [0.29, 0.717) is 6.42 Å². The van der Waals surface area contributed by atoms with E-state index < -0.39 is 10.8 Å². The number of hydrogen-bond donors (Lipinski definition) is 1. The van der Waals surface area contributed by atoms with Crippen molar-refractivity contribution in [3.8, 4) is 0 Å². The van der Waals surface area contributed by atoms with Gasteiger partial charge in [0.05, 0.1) is 6.10 Å². The van der Waals surface area contributed by atoms with Crippen molar-refractivity contribution >= 4 is 21.9 Å². The second kappa shape index (κ2) is 4.68. The topological polar surface area (TPSA) is 46.5 Å². The Morgan fingerprint density at radius 2 is 2.30 bits per heavy atom.